The predicted octanol–water partition coefficient (Wildman–Crippen LogP) is 3.41. The normalized spacial score (nSPS) is 17.2. The Morgan fingerprint density at radius 1 is 1.21 bits per heavy atom. The molecule has 2 aromatic carbocycles. The summed E-state index contributed by atoms with van der Waals surface area (Å²) in [7, 11) is 0. The van der Waals surface area contributed by atoms with Gasteiger partial charge in [-0.2, -0.15) is 0 Å². The molecule has 1 heterocycles. The third-order valence-electron chi connectivity index (χ3n) is 4.18. The summed E-state index contributed by atoms with van der Waals surface area (Å²) in [5.74, 6) is 0.561. The number of benzene rings is 2. The third-order valence-corrected chi connectivity index (χ3v) is 4.67. The molecule has 24 heavy (non-hydrogen) atoms. The second-order valence-electron chi connectivity index (χ2n) is 6.00. The maximum atomic E-state index is 13.7. The van der Waals surface area contributed by atoms with Gasteiger partial charge in [-0.1, -0.05) is 34.1 Å². The van der Waals surface area contributed by atoms with Crippen LogP contribution in [0.4, 0.5) is 4.39 Å². The standard InChI is InChI=1S/C19H21BrFNO2/c20-16-7-8-19(24-13-14-4-1-2-6-18(14)21)15(10-16)11-22-12-17-5-3-9-23-17/h1-2,4,6-8,10,17,22H,3,5,9,11-13H2/p+1/t17-/m1/s1. The van der Waals surface area contributed by atoms with Crippen LogP contribution in [0.5, 0.6) is 5.75 Å². The molecular weight excluding hydrogens is 373 g/mol. The molecule has 2 aromatic rings. The Morgan fingerprint density at radius 2 is 2.08 bits per heavy atom. The smallest absolute Gasteiger partial charge is 0.129 e. The van der Waals surface area contributed by atoms with Gasteiger partial charge in [0.05, 0.1) is 0 Å². The highest BCUT2D eigenvalue weighted by atomic mass is 79.9. The number of ether oxygens (including phenoxy) is 2. The largest absolute Gasteiger partial charge is 0.488 e. The molecule has 0 spiro atoms. The van der Waals surface area contributed by atoms with Gasteiger partial charge in [0.2, 0.25) is 0 Å². The lowest BCUT2D eigenvalue weighted by atomic mass is 10.2. The van der Waals surface area contributed by atoms with Gasteiger partial charge in [-0.3, -0.25) is 0 Å². The van der Waals surface area contributed by atoms with Crippen LogP contribution in [0, 0.1) is 5.82 Å². The summed E-state index contributed by atoms with van der Waals surface area (Å²) in [5, 5.41) is 2.24. The van der Waals surface area contributed by atoms with Crippen molar-refractivity contribution < 1.29 is 19.2 Å². The number of halogens is 2. The van der Waals surface area contributed by atoms with Crippen LogP contribution in [-0.2, 0) is 17.9 Å². The van der Waals surface area contributed by atoms with Crippen LogP contribution >= 0.6 is 15.9 Å². The number of quaternary nitrogens is 1. The van der Waals surface area contributed by atoms with Crippen LogP contribution < -0.4 is 10.1 Å². The van der Waals surface area contributed by atoms with E-state index in [1.807, 2.05) is 18.2 Å². The second-order valence-corrected chi connectivity index (χ2v) is 6.91. The molecule has 2 N–H and O–H groups in total. The monoisotopic (exact) mass is 394 g/mol. The summed E-state index contributed by atoms with van der Waals surface area (Å²) >= 11 is 3.51. The average Bonchev–Trinajstić information content (AvgIpc) is 3.09. The molecule has 0 amide bonds. The molecule has 0 bridgehead atoms. The molecule has 1 aliphatic heterocycles. The first-order valence-electron chi connectivity index (χ1n) is 8.30. The molecule has 128 valence electrons. The maximum Gasteiger partial charge on any atom is 0.129 e. The van der Waals surface area contributed by atoms with Crippen molar-refractivity contribution in [2.75, 3.05) is 13.2 Å². The predicted molar refractivity (Wildman–Crippen MR) is 94.3 cm³/mol. The van der Waals surface area contributed by atoms with Crippen molar-refractivity contribution in [3.8, 4) is 5.75 Å². The average molecular weight is 395 g/mol. The first kappa shape index (κ1) is 17.4. The quantitative estimate of drug-likeness (QED) is 0.780. The highest BCUT2D eigenvalue weighted by molar-refractivity contribution is 9.10. The van der Waals surface area contributed by atoms with Crippen molar-refractivity contribution in [2.24, 2.45) is 0 Å². The van der Waals surface area contributed by atoms with E-state index in [9.17, 15) is 4.39 Å². The fourth-order valence-corrected chi connectivity index (χ4v) is 3.28. The van der Waals surface area contributed by atoms with Crippen LogP contribution in [-0.4, -0.2) is 19.3 Å². The molecule has 3 rings (SSSR count). The molecule has 0 unspecified atom stereocenters. The van der Waals surface area contributed by atoms with E-state index in [1.165, 1.54) is 6.07 Å². The van der Waals surface area contributed by atoms with Crippen molar-refractivity contribution in [1.82, 2.24) is 0 Å². The summed E-state index contributed by atoms with van der Waals surface area (Å²) in [6.45, 7) is 2.88. The Labute approximate surface area is 150 Å². The Kier molecular flexibility index (Phi) is 6.24. The molecule has 1 fully saturated rings. The van der Waals surface area contributed by atoms with Gasteiger partial charge in [0.25, 0.3) is 0 Å². The Balaban J connectivity index is 1.60. The van der Waals surface area contributed by atoms with E-state index in [2.05, 4.69) is 27.3 Å². The number of hydrogen-bond donors (Lipinski definition) is 1. The lowest BCUT2D eigenvalue weighted by Crippen LogP contribution is -2.84. The second kappa shape index (κ2) is 8.60. The van der Waals surface area contributed by atoms with E-state index >= 15 is 0 Å². The van der Waals surface area contributed by atoms with Gasteiger partial charge in [-0.25, -0.2) is 4.39 Å². The van der Waals surface area contributed by atoms with E-state index in [4.69, 9.17) is 9.47 Å². The first-order chi connectivity index (χ1) is 11.7. The zero-order chi connectivity index (χ0) is 16.8. The lowest BCUT2D eigenvalue weighted by molar-refractivity contribution is -0.676. The zero-order valence-corrected chi connectivity index (χ0v) is 15.1. The minimum Gasteiger partial charge on any atom is -0.488 e. The van der Waals surface area contributed by atoms with Gasteiger partial charge in [-0.15, -0.1) is 0 Å². The van der Waals surface area contributed by atoms with E-state index in [0.717, 1.165) is 48.3 Å². The van der Waals surface area contributed by atoms with E-state index in [0.29, 0.717) is 11.7 Å². The van der Waals surface area contributed by atoms with Crippen LogP contribution in [0.15, 0.2) is 46.9 Å². The van der Waals surface area contributed by atoms with Crippen molar-refractivity contribution in [3.63, 3.8) is 0 Å². The van der Waals surface area contributed by atoms with Crippen molar-refractivity contribution in [2.45, 2.75) is 32.1 Å². The van der Waals surface area contributed by atoms with E-state index in [-0.39, 0.29) is 12.4 Å². The van der Waals surface area contributed by atoms with Crippen LogP contribution in [0.3, 0.4) is 0 Å². The molecule has 1 atom stereocenters. The molecule has 3 nitrogen and oxygen atoms in total. The van der Waals surface area contributed by atoms with Gasteiger partial charge < -0.3 is 14.8 Å². The lowest BCUT2D eigenvalue weighted by Gasteiger charge is -2.13. The Bertz CT molecular complexity index is 674. The van der Waals surface area contributed by atoms with Gasteiger partial charge in [0.15, 0.2) is 0 Å². The minimum absolute atomic E-state index is 0.229. The van der Waals surface area contributed by atoms with Gasteiger partial charge in [-0.05, 0) is 37.1 Å². The fraction of sp³-hybridized carbons (Fsp3) is 0.368. The zero-order valence-electron chi connectivity index (χ0n) is 13.5. The Hall–Kier alpha value is -1.43. The molecule has 1 aliphatic rings. The van der Waals surface area contributed by atoms with Crippen molar-refractivity contribution in [3.05, 3.63) is 63.9 Å². The highest BCUT2D eigenvalue weighted by Gasteiger charge is 2.17. The molecule has 0 aliphatic carbocycles. The van der Waals surface area contributed by atoms with Crippen molar-refractivity contribution in [1.29, 1.82) is 0 Å². The number of nitrogens with two attached hydrogens (primary N) is 1. The number of hydrogen-bond acceptors (Lipinski definition) is 2. The first-order valence-corrected chi connectivity index (χ1v) is 9.09. The van der Waals surface area contributed by atoms with Crippen LogP contribution in [0.25, 0.3) is 0 Å². The van der Waals surface area contributed by atoms with Gasteiger partial charge in [0.1, 0.15) is 37.4 Å². The van der Waals surface area contributed by atoms with Crippen LogP contribution in [0.1, 0.15) is 24.0 Å². The van der Waals surface area contributed by atoms with Gasteiger partial charge >= 0.3 is 0 Å². The minimum atomic E-state index is -0.235. The van der Waals surface area contributed by atoms with Gasteiger partial charge in [0, 0.05) is 22.2 Å². The molecule has 1 saturated heterocycles. The maximum absolute atomic E-state index is 13.7. The molecule has 0 aromatic heterocycles. The molecule has 5 heteroatoms. The van der Waals surface area contributed by atoms with E-state index in [1.54, 1.807) is 12.1 Å². The highest BCUT2D eigenvalue weighted by Crippen LogP contribution is 2.24. The Morgan fingerprint density at radius 3 is 2.88 bits per heavy atom. The topological polar surface area (TPSA) is 35.1 Å². The molecule has 0 radical (unpaired) electrons. The summed E-state index contributed by atoms with van der Waals surface area (Å²) in [6, 6.07) is 12.6. The molecule has 0 saturated carbocycles. The third kappa shape index (κ3) is 4.79. The van der Waals surface area contributed by atoms with E-state index < -0.39 is 0 Å². The number of rotatable bonds is 7. The summed E-state index contributed by atoms with van der Waals surface area (Å²) in [4.78, 5) is 0. The fourth-order valence-electron chi connectivity index (χ4n) is 2.87. The SMILES string of the molecule is Fc1ccccc1COc1ccc(Br)cc1C[NH2+]C[C@H]1CCCO1. The summed E-state index contributed by atoms with van der Waals surface area (Å²) in [6.07, 6.45) is 2.66. The van der Waals surface area contributed by atoms with Crippen LogP contribution in [0.2, 0.25) is 0 Å². The summed E-state index contributed by atoms with van der Waals surface area (Å²) in [5.41, 5.74) is 1.66. The molecular formula is C19H22BrFNO2+. The summed E-state index contributed by atoms with van der Waals surface area (Å²) < 4.78 is 26.3. The van der Waals surface area contributed by atoms with Crippen molar-refractivity contribution >= 4 is 15.9 Å².